The van der Waals surface area contributed by atoms with Crippen molar-refractivity contribution in [1.29, 1.82) is 0 Å². The minimum absolute atomic E-state index is 0.475. The van der Waals surface area contributed by atoms with Gasteiger partial charge in [-0.25, -0.2) is 4.41 Å². The van der Waals surface area contributed by atoms with E-state index in [1.807, 2.05) is 0 Å². The van der Waals surface area contributed by atoms with Crippen LogP contribution in [-0.2, 0) is 0 Å². The second kappa shape index (κ2) is 2.59. The highest BCUT2D eigenvalue weighted by atomic mass is 32.2. The van der Waals surface area contributed by atoms with Gasteiger partial charge in [-0.1, -0.05) is 0 Å². The summed E-state index contributed by atoms with van der Waals surface area (Å²) in [5.74, 6) is 1.28. The molecule has 2 heterocycles. The summed E-state index contributed by atoms with van der Waals surface area (Å²) in [7, 11) is 0. The molecule has 11 heavy (non-hydrogen) atoms. The van der Waals surface area contributed by atoms with Crippen molar-refractivity contribution < 1.29 is 0 Å². The van der Waals surface area contributed by atoms with Gasteiger partial charge in [0.05, 0.1) is 0 Å². The first-order valence-corrected chi connectivity index (χ1v) is 5.18. The van der Waals surface area contributed by atoms with Crippen LogP contribution < -0.4 is 0 Å². The van der Waals surface area contributed by atoms with E-state index >= 15 is 0 Å². The summed E-state index contributed by atoms with van der Waals surface area (Å²) in [6.45, 7) is 3.40. The summed E-state index contributed by atoms with van der Waals surface area (Å²) in [5, 5.41) is 4.49. The Labute approximate surface area is 71.6 Å². The van der Waals surface area contributed by atoms with Gasteiger partial charge < -0.3 is 4.90 Å². The van der Waals surface area contributed by atoms with Gasteiger partial charge in [0.1, 0.15) is 12.0 Å². The van der Waals surface area contributed by atoms with Crippen LogP contribution in [0.4, 0.5) is 0 Å². The molecule has 0 spiro atoms. The molecule has 1 unspecified atom stereocenters. The molecule has 2 aliphatic heterocycles. The van der Waals surface area contributed by atoms with Gasteiger partial charge in [0.25, 0.3) is 0 Å². The molecule has 0 radical (unpaired) electrons. The van der Waals surface area contributed by atoms with Crippen LogP contribution in [0.1, 0.15) is 19.8 Å². The standard InChI is InChI=1S/C7H13N3S/c1-6-9-5-3-4-7(9)8-10(6)11-2/h6H,3-5H2,1-2H3. The highest BCUT2D eigenvalue weighted by Gasteiger charge is 2.33. The molecule has 0 aliphatic carbocycles. The molecule has 0 N–H and O–H groups in total. The molecule has 0 amide bonds. The second-order valence-corrected chi connectivity index (χ2v) is 3.67. The summed E-state index contributed by atoms with van der Waals surface area (Å²) in [4.78, 5) is 2.39. The zero-order valence-electron chi connectivity index (χ0n) is 6.95. The molecule has 62 valence electrons. The summed E-state index contributed by atoms with van der Waals surface area (Å²) in [6.07, 6.45) is 5.00. The van der Waals surface area contributed by atoms with Gasteiger partial charge in [0.2, 0.25) is 0 Å². The van der Waals surface area contributed by atoms with Crippen LogP contribution in [0.3, 0.4) is 0 Å². The zero-order valence-corrected chi connectivity index (χ0v) is 7.77. The van der Waals surface area contributed by atoms with Crippen molar-refractivity contribution in [1.82, 2.24) is 9.31 Å². The van der Waals surface area contributed by atoms with E-state index in [9.17, 15) is 0 Å². The van der Waals surface area contributed by atoms with Crippen LogP contribution in [0.2, 0.25) is 0 Å². The third kappa shape index (κ3) is 1.00. The predicted molar refractivity (Wildman–Crippen MR) is 48.2 cm³/mol. The van der Waals surface area contributed by atoms with Crippen molar-refractivity contribution in [3.8, 4) is 0 Å². The highest BCUT2D eigenvalue weighted by Crippen LogP contribution is 2.28. The van der Waals surface area contributed by atoms with Crippen LogP contribution in [0, 0.1) is 0 Å². The van der Waals surface area contributed by atoms with E-state index in [0.29, 0.717) is 6.17 Å². The van der Waals surface area contributed by atoms with Crippen LogP contribution in [0.15, 0.2) is 5.10 Å². The minimum Gasteiger partial charge on any atom is -0.336 e. The number of amidine groups is 1. The van der Waals surface area contributed by atoms with Gasteiger partial charge >= 0.3 is 0 Å². The molecular formula is C7H13N3S. The lowest BCUT2D eigenvalue weighted by Gasteiger charge is -2.23. The second-order valence-electron chi connectivity index (χ2n) is 2.93. The lowest BCUT2D eigenvalue weighted by Crippen LogP contribution is -2.34. The molecule has 0 aromatic carbocycles. The molecule has 1 fully saturated rings. The average Bonchev–Trinajstić information content (AvgIpc) is 2.53. The van der Waals surface area contributed by atoms with Gasteiger partial charge in [0.15, 0.2) is 0 Å². The fourth-order valence-electron chi connectivity index (χ4n) is 1.70. The molecule has 2 rings (SSSR count). The first-order valence-electron chi connectivity index (χ1n) is 4.00. The van der Waals surface area contributed by atoms with Crippen molar-refractivity contribution in [2.24, 2.45) is 5.10 Å². The summed E-state index contributed by atoms with van der Waals surface area (Å²) in [6, 6.07) is 0. The molecule has 1 atom stereocenters. The normalized spacial score (nSPS) is 29.3. The molecule has 3 nitrogen and oxygen atoms in total. The smallest absolute Gasteiger partial charge is 0.128 e. The van der Waals surface area contributed by atoms with Crippen molar-refractivity contribution in [3.05, 3.63) is 0 Å². The van der Waals surface area contributed by atoms with Gasteiger partial charge in [-0.15, -0.1) is 0 Å². The van der Waals surface area contributed by atoms with E-state index in [1.165, 1.54) is 25.2 Å². The Kier molecular flexibility index (Phi) is 1.71. The van der Waals surface area contributed by atoms with Gasteiger partial charge in [-0.05, 0) is 25.3 Å². The fraction of sp³-hybridized carbons (Fsp3) is 0.857. The summed E-state index contributed by atoms with van der Waals surface area (Å²) >= 11 is 1.70. The topological polar surface area (TPSA) is 18.8 Å². The first kappa shape index (κ1) is 7.28. The fourth-order valence-corrected chi connectivity index (χ4v) is 2.29. The zero-order chi connectivity index (χ0) is 7.84. The maximum Gasteiger partial charge on any atom is 0.128 e. The molecule has 0 aromatic rings. The lowest BCUT2D eigenvalue weighted by molar-refractivity contribution is 0.256. The SMILES string of the molecule is CSN1N=C2CCCN2C1C. The molecule has 2 aliphatic rings. The average molecular weight is 171 g/mol. The van der Waals surface area contributed by atoms with Crippen molar-refractivity contribution in [2.75, 3.05) is 12.8 Å². The molecule has 0 saturated carbocycles. The molecule has 0 bridgehead atoms. The van der Waals surface area contributed by atoms with E-state index in [2.05, 4.69) is 27.6 Å². The Morgan fingerprint density at radius 2 is 2.45 bits per heavy atom. The Balaban J connectivity index is 2.16. The Bertz CT molecular complexity index is 192. The molecular weight excluding hydrogens is 158 g/mol. The number of fused-ring (bicyclic) bond motifs is 1. The Morgan fingerprint density at radius 1 is 1.64 bits per heavy atom. The summed E-state index contributed by atoms with van der Waals surface area (Å²) in [5.41, 5.74) is 0. The largest absolute Gasteiger partial charge is 0.336 e. The predicted octanol–water partition coefficient (Wildman–Crippen LogP) is 1.34. The number of hydrazone groups is 1. The number of rotatable bonds is 1. The lowest BCUT2D eigenvalue weighted by atomic mass is 10.4. The van der Waals surface area contributed by atoms with E-state index in [0.717, 1.165) is 0 Å². The Morgan fingerprint density at radius 3 is 3.09 bits per heavy atom. The van der Waals surface area contributed by atoms with Crippen LogP contribution in [-0.4, -0.2) is 34.1 Å². The van der Waals surface area contributed by atoms with Crippen LogP contribution >= 0.6 is 11.9 Å². The van der Waals surface area contributed by atoms with Crippen molar-refractivity contribution >= 4 is 17.8 Å². The maximum atomic E-state index is 4.49. The van der Waals surface area contributed by atoms with Gasteiger partial charge in [-0.3, -0.25) is 0 Å². The van der Waals surface area contributed by atoms with E-state index in [1.54, 1.807) is 11.9 Å². The van der Waals surface area contributed by atoms with Crippen LogP contribution in [0.25, 0.3) is 0 Å². The number of hydrogen-bond acceptors (Lipinski definition) is 4. The molecule has 4 heteroatoms. The maximum absolute atomic E-state index is 4.49. The Hall–Kier alpha value is -0.380. The van der Waals surface area contributed by atoms with Crippen molar-refractivity contribution in [2.45, 2.75) is 25.9 Å². The van der Waals surface area contributed by atoms with Gasteiger partial charge in [0, 0.05) is 19.2 Å². The van der Waals surface area contributed by atoms with Gasteiger partial charge in [-0.2, -0.15) is 5.10 Å². The molecule has 1 saturated heterocycles. The monoisotopic (exact) mass is 171 g/mol. The third-order valence-electron chi connectivity index (χ3n) is 2.30. The molecule has 0 aromatic heterocycles. The van der Waals surface area contributed by atoms with Crippen LogP contribution in [0.5, 0.6) is 0 Å². The third-order valence-corrected chi connectivity index (χ3v) is 3.06. The first-order chi connectivity index (χ1) is 5.33. The van der Waals surface area contributed by atoms with E-state index in [-0.39, 0.29) is 0 Å². The number of nitrogens with zero attached hydrogens (tertiary/aromatic N) is 3. The summed E-state index contributed by atoms with van der Waals surface area (Å²) < 4.78 is 2.08. The van der Waals surface area contributed by atoms with E-state index in [4.69, 9.17) is 0 Å². The van der Waals surface area contributed by atoms with Crippen molar-refractivity contribution in [3.63, 3.8) is 0 Å². The highest BCUT2D eigenvalue weighted by molar-refractivity contribution is 7.96. The van der Waals surface area contributed by atoms with E-state index < -0.39 is 0 Å². The quantitative estimate of drug-likeness (QED) is 0.555. The number of hydrogen-bond donors (Lipinski definition) is 0. The minimum atomic E-state index is 0.475.